The Hall–Kier alpha value is -1.41. The molecule has 0 atom stereocenters. The SMILES string of the molecule is CC(=O)N(c1nc(CSc2nccs2)cs1)c1c(C)cc(C)cc1Cl. The van der Waals surface area contributed by atoms with E-state index in [0.717, 1.165) is 26.9 Å². The smallest absolute Gasteiger partial charge is 0.230 e. The van der Waals surface area contributed by atoms with Gasteiger partial charge in [0.15, 0.2) is 5.13 Å². The lowest BCUT2D eigenvalue weighted by atomic mass is 10.1. The van der Waals surface area contributed by atoms with Gasteiger partial charge in [-0.15, -0.1) is 22.7 Å². The first-order valence-corrected chi connectivity index (χ1v) is 10.6. The van der Waals surface area contributed by atoms with Crippen LogP contribution in [-0.4, -0.2) is 15.9 Å². The molecule has 4 nitrogen and oxygen atoms in total. The van der Waals surface area contributed by atoms with Crippen LogP contribution in [0.1, 0.15) is 23.7 Å². The minimum Gasteiger partial charge on any atom is -0.274 e. The van der Waals surface area contributed by atoms with Crippen LogP contribution in [0.3, 0.4) is 0 Å². The summed E-state index contributed by atoms with van der Waals surface area (Å²) in [5, 5.41) is 5.12. The van der Waals surface area contributed by atoms with Gasteiger partial charge in [-0.2, -0.15) is 0 Å². The Labute approximate surface area is 163 Å². The van der Waals surface area contributed by atoms with E-state index < -0.39 is 0 Å². The Bertz CT molecular complexity index is 869. The van der Waals surface area contributed by atoms with Crippen molar-refractivity contribution in [3.8, 4) is 0 Å². The fourth-order valence-corrected chi connectivity index (χ4v) is 5.38. The molecule has 0 N–H and O–H groups in total. The van der Waals surface area contributed by atoms with Gasteiger partial charge in [0, 0.05) is 29.6 Å². The molecular formula is C17H16ClN3OS3. The summed E-state index contributed by atoms with van der Waals surface area (Å²) in [5.74, 6) is 0.610. The molecule has 3 aromatic rings. The number of hydrogen-bond donors (Lipinski definition) is 0. The van der Waals surface area contributed by atoms with Gasteiger partial charge in [-0.3, -0.25) is 9.69 Å². The van der Waals surface area contributed by atoms with Crippen molar-refractivity contribution in [2.24, 2.45) is 0 Å². The highest BCUT2D eigenvalue weighted by atomic mass is 35.5. The number of thiazole rings is 2. The van der Waals surface area contributed by atoms with Crippen LogP contribution in [0.5, 0.6) is 0 Å². The Morgan fingerprint density at radius 2 is 2.12 bits per heavy atom. The van der Waals surface area contributed by atoms with Crippen LogP contribution in [0.2, 0.25) is 5.02 Å². The lowest BCUT2D eigenvalue weighted by Gasteiger charge is -2.22. The summed E-state index contributed by atoms with van der Waals surface area (Å²) in [6.07, 6.45) is 1.79. The van der Waals surface area contributed by atoms with Crippen molar-refractivity contribution in [1.29, 1.82) is 0 Å². The molecule has 0 aliphatic heterocycles. The van der Waals surface area contributed by atoms with E-state index in [1.54, 1.807) is 34.2 Å². The van der Waals surface area contributed by atoms with E-state index in [4.69, 9.17) is 11.6 Å². The predicted octanol–water partition coefficient (Wildman–Crippen LogP) is 5.85. The van der Waals surface area contributed by atoms with E-state index in [1.165, 1.54) is 18.3 Å². The van der Waals surface area contributed by atoms with Crippen molar-refractivity contribution >= 4 is 62.8 Å². The molecule has 0 aliphatic rings. The van der Waals surface area contributed by atoms with Gasteiger partial charge in [-0.1, -0.05) is 29.4 Å². The first kappa shape index (κ1) is 18.4. The first-order chi connectivity index (χ1) is 12.0. The maximum Gasteiger partial charge on any atom is 0.230 e. The molecule has 130 valence electrons. The average molecular weight is 410 g/mol. The van der Waals surface area contributed by atoms with Crippen molar-refractivity contribution in [2.45, 2.75) is 30.9 Å². The average Bonchev–Trinajstić information content (AvgIpc) is 3.19. The number of carbonyl (C=O) groups excluding carboxylic acids is 1. The summed E-state index contributed by atoms with van der Waals surface area (Å²) in [4.78, 5) is 22.8. The molecule has 3 rings (SSSR count). The highest BCUT2D eigenvalue weighted by molar-refractivity contribution is 8.00. The molecule has 25 heavy (non-hydrogen) atoms. The standard InChI is InChI=1S/C17H16ClN3OS3/c1-10-6-11(2)15(14(18)7-10)21(12(3)22)16-20-13(8-24-16)9-25-17-19-4-5-23-17/h4-8H,9H2,1-3H3. The summed E-state index contributed by atoms with van der Waals surface area (Å²) in [7, 11) is 0. The largest absolute Gasteiger partial charge is 0.274 e. The third kappa shape index (κ3) is 4.23. The van der Waals surface area contributed by atoms with Gasteiger partial charge >= 0.3 is 0 Å². The van der Waals surface area contributed by atoms with Gasteiger partial charge in [0.2, 0.25) is 5.91 Å². The van der Waals surface area contributed by atoms with E-state index in [1.807, 2.05) is 36.7 Å². The fraction of sp³-hybridized carbons (Fsp3) is 0.235. The van der Waals surface area contributed by atoms with Crippen LogP contribution in [0.25, 0.3) is 0 Å². The van der Waals surface area contributed by atoms with Gasteiger partial charge < -0.3 is 0 Å². The Morgan fingerprint density at radius 1 is 1.32 bits per heavy atom. The van der Waals surface area contributed by atoms with Crippen LogP contribution in [0.4, 0.5) is 10.8 Å². The summed E-state index contributed by atoms with van der Waals surface area (Å²) >= 11 is 11.1. The van der Waals surface area contributed by atoms with Crippen LogP contribution in [-0.2, 0) is 10.5 Å². The fourth-order valence-electron chi connectivity index (χ4n) is 2.46. The van der Waals surface area contributed by atoms with Crippen molar-refractivity contribution in [2.75, 3.05) is 4.90 Å². The van der Waals surface area contributed by atoms with Crippen molar-refractivity contribution in [1.82, 2.24) is 9.97 Å². The molecule has 2 aromatic heterocycles. The number of rotatable bonds is 5. The van der Waals surface area contributed by atoms with Crippen molar-refractivity contribution < 1.29 is 4.79 Å². The highest BCUT2D eigenvalue weighted by Gasteiger charge is 2.22. The maximum absolute atomic E-state index is 12.3. The molecular weight excluding hydrogens is 394 g/mol. The number of nitrogens with zero attached hydrogens (tertiary/aromatic N) is 3. The molecule has 2 heterocycles. The number of amides is 1. The van der Waals surface area contributed by atoms with Gasteiger partial charge in [-0.05, 0) is 31.0 Å². The molecule has 1 aromatic carbocycles. The van der Waals surface area contributed by atoms with Crippen LogP contribution < -0.4 is 4.90 Å². The number of aryl methyl sites for hydroxylation is 2. The second-order valence-corrected chi connectivity index (χ2v) is 8.84. The summed E-state index contributed by atoms with van der Waals surface area (Å²) in [6.45, 7) is 5.47. The molecule has 0 radical (unpaired) electrons. The Kier molecular flexibility index (Phi) is 5.78. The zero-order valence-electron chi connectivity index (χ0n) is 13.9. The summed E-state index contributed by atoms with van der Waals surface area (Å²) < 4.78 is 1.01. The van der Waals surface area contributed by atoms with E-state index >= 15 is 0 Å². The monoisotopic (exact) mass is 409 g/mol. The number of hydrogen-bond acceptors (Lipinski definition) is 6. The second kappa shape index (κ2) is 7.86. The molecule has 0 saturated heterocycles. The second-order valence-electron chi connectivity index (χ2n) is 5.47. The molecule has 8 heteroatoms. The van der Waals surface area contributed by atoms with E-state index in [2.05, 4.69) is 9.97 Å². The molecule has 0 bridgehead atoms. The van der Waals surface area contributed by atoms with Crippen molar-refractivity contribution in [3.05, 3.63) is 50.9 Å². The van der Waals surface area contributed by atoms with E-state index in [-0.39, 0.29) is 5.91 Å². The van der Waals surface area contributed by atoms with Crippen molar-refractivity contribution in [3.63, 3.8) is 0 Å². The molecule has 0 unspecified atom stereocenters. The Balaban J connectivity index is 1.88. The number of halogens is 1. The number of carbonyl (C=O) groups is 1. The highest BCUT2D eigenvalue weighted by Crippen LogP contribution is 2.38. The molecule has 0 aliphatic carbocycles. The molecule has 0 saturated carbocycles. The van der Waals surface area contributed by atoms with Gasteiger partial charge in [0.25, 0.3) is 0 Å². The normalized spacial score (nSPS) is 10.9. The number of thioether (sulfide) groups is 1. The molecule has 1 amide bonds. The lowest BCUT2D eigenvalue weighted by Crippen LogP contribution is -2.24. The number of anilines is 2. The minimum atomic E-state index is -0.109. The van der Waals surface area contributed by atoms with Crippen LogP contribution in [0.15, 0.2) is 33.4 Å². The predicted molar refractivity (Wildman–Crippen MR) is 108 cm³/mol. The van der Waals surface area contributed by atoms with Gasteiger partial charge in [0.05, 0.1) is 16.4 Å². The minimum absolute atomic E-state index is 0.109. The van der Waals surface area contributed by atoms with E-state index in [9.17, 15) is 4.79 Å². The topological polar surface area (TPSA) is 46.1 Å². The van der Waals surface area contributed by atoms with Crippen LogP contribution >= 0.6 is 46.0 Å². The van der Waals surface area contributed by atoms with Crippen LogP contribution in [0, 0.1) is 13.8 Å². The van der Waals surface area contributed by atoms with Gasteiger partial charge in [0.1, 0.15) is 4.34 Å². The molecule has 0 fully saturated rings. The quantitative estimate of drug-likeness (QED) is 0.496. The summed E-state index contributed by atoms with van der Waals surface area (Å²) in [6, 6.07) is 3.89. The molecule has 0 spiro atoms. The first-order valence-electron chi connectivity index (χ1n) is 7.50. The third-order valence-corrected chi connectivity index (χ3v) is 6.58. The zero-order chi connectivity index (χ0) is 18.0. The Morgan fingerprint density at radius 3 is 2.76 bits per heavy atom. The third-order valence-electron chi connectivity index (χ3n) is 3.42. The summed E-state index contributed by atoms with van der Waals surface area (Å²) in [5.41, 5.74) is 3.64. The lowest BCUT2D eigenvalue weighted by molar-refractivity contribution is -0.115. The maximum atomic E-state index is 12.3. The van der Waals surface area contributed by atoms with Gasteiger partial charge in [-0.25, -0.2) is 9.97 Å². The van der Waals surface area contributed by atoms with E-state index in [0.29, 0.717) is 15.8 Å². The number of aromatic nitrogens is 2. The zero-order valence-corrected chi connectivity index (χ0v) is 17.2. The number of benzene rings is 1.